The van der Waals surface area contributed by atoms with E-state index in [1.807, 2.05) is 56.3 Å². The molecule has 2 aromatic carbocycles. The van der Waals surface area contributed by atoms with Gasteiger partial charge in [-0.15, -0.1) is 0 Å². The van der Waals surface area contributed by atoms with E-state index in [1.165, 1.54) is 0 Å². The fourth-order valence-corrected chi connectivity index (χ4v) is 3.35. The highest BCUT2D eigenvalue weighted by atomic mass is 35.5. The normalized spacial score (nSPS) is 10.8. The number of rotatable bonds is 8. The van der Waals surface area contributed by atoms with Crippen LogP contribution in [0.15, 0.2) is 65.8 Å². The lowest BCUT2D eigenvalue weighted by atomic mass is 10.1. The lowest BCUT2D eigenvalue weighted by molar-refractivity contribution is 0.482. The van der Waals surface area contributed by atoms with Crippen molar-refractivity contribution in [3.63, 3.8) is 0 Å². The van der Waals surface area contributed by atoms with Crippen molar-refractivity contribution in [1.82, 2.24) is 19.9 Å². The van der Waals surface area contributed by atoms with Gasteiger partial charge < -0.3 is 10.1 Å². The number of aromatic nitrogens is 4. The summed E-state index contributed by atoms with van der Waals surface area (Å²) in [4.78, 5) is 27.8. The van der Waals surface area contributed by atoms with Gasteiger partial charge in [0.2, 0.25) is 5.95 Å². The minimum absolute atomic E-state index is 0.174. The van der Waals surface area contributed by atoms with E-state index in [9.17, 15) is 4.79 Å². The average molecular weight is 462 g/mol. The van der Waals surface area contributed by atoms with E-state index in [4.69, 9.17) is 16.3 Å². The summed E-state index contributed by atoms with van der Waals surface area (Å²) in [5.74, 6) is 2.65. The first-order valence-corrected chi connectivity index (χ1v) is 11.0. The van der Waals surface area contributed by atoms with Crippen molar-refractivity contribution in [1.29, 1.82) is 0 Å². The molecular formula is C25H24ClN5O2. The van der Waals surface area contributed by atoms with Crippen LogP contribution < -0.4 is 15.6 Å². The Bertz CT molecular complexity index is 1290. The molecule has 0 saturated heterocycles. The Hall–Kier alpha value is -3.71. The van der Waals surface area contributed by atoms with E-state index >= 15 is 0 Å². The maximum atomic E-state index is 12.4. The number of anilines is 1. The molecule has 0 fully saturated rings. The average Bonchev–Trinajstić information content (AvgIpc) is 2.81. The minimum atomic E-state index is -0.174. The molecule has 0 aliphatic heterocycles. The van der Waals surface area contributed by atoms with Gasteiger partial charge in [-0.05, 0) is 67.3 Å². The minimum Gasteiger partial charge on any atom is -0.457 e. The number of aryl methyl sites for hydroxylation is 2. The Balaban J connectivity index is 1.29. The number of H-pyrrole nitrogens is 1. The number of aromatic amines is 1. The highest BCUT2D eigenvalue weighted by Gasteiger charge is 2.06. The summed E-state index contributed by atoms with van der Waals surface area (Å²) in [5, 5.41) is 3.88. The van der Waals surface area contributed by atoms with Crippen LogP contribution in [-0.2, 0) is 12.8 Å². The Morgan fingerprint density at radius 1 is 0.939 bits per heavy atom. The molecule has 0 atom stereocenters. The lowest BCUT2D eigenvalue weighted by Crippen LogP contribution is -2.18. The molecule has 0 unspecified atom stereocenters. The Morgan fingerprint density at radius 3 is 2.36 bits per heavy atom. The summed E-state index contributed by atoms with van der Waals surface area (Å²) in [7, 11) is 0. The summed E-state index contributed by atoms with van der Waals surface area (Å²) in [6.07, 6.45) is 6.24. The highest BCUT2D eigenvalue weighted by Crippen LogP contribution is 2.26. The third kappa shape index (κ3) is 6.17. The zero-order chi connectivity index (χ0) is 23.2. The summed E-state index contributed by atoms with van der Waals surface area (Å²) in [6, 6.07) is 13.5. The van der Waals surface area contributed by atoms with Gasteiger partial charge in [0, 0.05) is 42.1 Å². The quantitative estimate of drug-likeness (QED) is 0.389. The molecule has 4 rings (SSSR count). The standard InChI is InChI=1S/C25H24ClN5O2/c1-16-11-22(7-8-23(16)26)33-21-5-3-18(4-6-21)9-10-27-25-30-15-20(24(32)31-25)12-19-13-28-17(2)29-14-19/h3-8,11,13-15H,9-10,12H2,1-2H3,(H2,27,30,31,32). The number of nitrogens with one attached hydrogen (secondary N) is 2. The predicted molar refractivity (Wildman–Crippen MR) is 129 cm³/mol. The summed E-state index contributed by atoms with van der Waals surface area (Å²) in [5.41, 5.74) is 3.37. The van der Waals surface area contributed by atoms with E-state index in [2.05, 4.69) is 25.3 Å². The molecule has 0 aliphatic rings. The lowest BCUT2D eigenvalue weighted by Gasteiger charge is -2.09. The smallest absolute Gasteiger partial charge is 0.255 e. The van der Waals surface area contributed by atoms with E-state index in [1.54, 1.807) is 18.6 Å². The second-order valence-corrected chi connectivity index (χ2v) is 8.14. The van der Waals surface area contributed by atoms with Crippen molar-refractivity contribution in [2.45, 2.75) is 26.7 Å². The molecule has 2 heterocycles. The first kappa shape index (κ1) is 22.5. The monoisotopic (exact) mass is 461 g/mol. The van der Waals surface area contributed by atoms with Gasteiger partial charge in [-0.3, -0.25) is 9.78 Å². The Labute approximate surface area is 196 Å². The van der Waals surface area contributed by atoms with Crippen LogP contribution in [0.5, 0.6) is 11.5 Å². The maximum Gasteiger partial charge on any atom is 0.255 e. The Kier molecular flexibility index (Phi) is 7.00. The molecule has 168 valence electrons. The van der Waals surface area contributed by atoms with Crippen molar-refractivity contribution >= 4 is 17.5 Å². The van der Waals surface area contributed by atoms with E-state index in [0.29, 0.717) is 30.3 Å². The van der Waals surface area contributed by atoms with E-state index in [0.717, 1.165) is 39.6 Å². The molecule has 2 aromatic heterocycles. The van der Waals surface area contributed by atoms with Gasteiger partial charge in [0.25, 0.3) is 5.56 Å². The van der Waals surface area contributed by atoms with Gasteiger partial charge in [-0.1, -0.05) is 23.7 Å². The van der Waals surface area contributed by atoms with Crippen LogP contribution in [0, 0.1) is 13.8 Å². The van der Waals surface area contributed by atoms with Gasteiger partial charge in [-0.2, -0.15) is 0 Å². The number of hydrogen-bond donors (Lipinski definition) is 2. The van der Waals surface area contributed by atoms with E-state index < -0.39 is 0 Å². The zero-order valence-electron chi connectivity index (χ0n) is 18.4. The van der Waals surface area contributed by atoms with Crippen LogP contribution in [0.2, 0.25) is 5.02 Å². The van der Waals surface area contributed by atoms with Gasteiger partial charge in [0.1, 0.15) is 17.3 Å². The first-order valence-electron chi connectivity index (χ1n) is 10.6. The predicted octanol–water partition coefficient (Wildman–Crippen LogP) is 4.87. The van der Waals surface area contributed by atoms with Crippen LogP contribution in [0.25, 0.3) is 0 Å². The van der Waals surface area contributed by atoms with Gasteiger partial charge >= 0.3 is 0 Å². The Morgan fingerprint density at radius 2 is 1.67 bits per heavy atom. The van der Waals surface area contributed by atoms with Crippen LogP contribution in [0.4, 0.5) is 5.95 Å². The number of benzene rings is 2. The summed E-state index contributed by atoms with van der Waals surface area (Å²) < 4.78 is 5.88. The summed E-state index contributed by atoms with van der Waals surface area (Å²) in [6.45, 7) is 4.40. The molecular weight excluding hydrogens is 438 g/mol. The molecule has 2 N–H and O–H groups in total. The molecule has 8 heteroatoms. The van der Waals surface area contributed by atoms with Gasteiger partial charge in [-0.25, -0.2) is 15.0 Å². The molecule has 4 aromatic rings. The molecule has 0 aliphatic carbocycles. The highest BCUT2D eigenvalue weighted by molar-refractivity contribution is 6.31. The van der Waals surface area contributed by atoms with Crippen molar-refractivity contribution in [3.05, 3.63) is 105 Å². The number of ether oxygens (including phenoxy) is 1. The number of hydrogen-bond acceptors (Lipinski definition) is 6. The van der Waals surface area contributed by atoms with Crippen molar-refractivity contribution in [2.24, 2.45) is 0 Å². The molecule has 0 bridgehead atoms. The third-order valence-corrected chi connectivity index (χ3v) is 5.52. The molecule has 33 heavy (non-hydrogen) atoms. The van der Waals surface area contributed by atoms with Crippen molar-refractivity contribution < 1.29 is 4.74 Å². The molecule has 0 saturated carbocycles. The third-order valence-electron chi connectivity index (χ3n) is 5.10. The van der Waals surface area contributed by atoms with E-state index in [-0.39, 0.29) is 5.56 Å². The van der Waals surface area contributed by atoms with Crippen LogP contribution in [0.3, 0.4) is 0 Å². The molecule has 0 spiro atoms. The number of nitrogens with zero attached hydrogens (tertiary/aromatic N) is 3. The SMILES string of the molecule is Cc1ncc(Cc2cnc(NCCc3ccc(Oc4ccc(Cl)c(C)c4)cc3)[nH]c2=O)cn1. The van der Waals surface area contributed by atoms with Crippen LogP contribution in [-0.4, -0.2) is 26.5 Å². The first-order chi connectivity index (χ1) is 16.0. The fraction of sp³-hybridized carbons (Fsp3) is 0.200. The fourth-order valence-electron chi connectivity index (χ4n) is 3.23. The number of halogens is 1. The second kappa shape index (κ2) is 10.3. The maximum absolute atomic E-state index is 12.4. The van der Waals surface area contributed by atoms with Crippen LogP contribution >= 0.6 is 11.6 Å². The largest absolute Gasteiger partial charge is 0.457 e. The van der Waals surface area contributed by atoms with Crippen molar-refractivity contribution in [2.75, 3.05) is 11.9 Å². The molecule has 0 radical (unpaired) electrons. The molecule has 0 amide bonds. The second-order valence-electron chi connectivity index (χ2n) is 7.74. The topological polar surface area (TPSA) is 92.8 Å². The van der Waals surface area contributed by atoms with Gasteiger partial charge in [0.05, 0.1) is 0 Å². The van der Waals surface area contributed by atoms with Crippen molar-refractivity contribution in [3.8, 4) is 11.5 Å². The van der Waals surface area contributed by atoms with Crippen LogP contribution in [0.1, 0.15) is 28.1 Å². The van der Waals surface area contributed by atoms with Gasteiger partial charge in [0.15, 0.2) is 0 Å². The zero-order valence-corrected chi connectivity index (χ0v) is 19.2. The molecule has 7 nitrogen and oxygen atoms in total. The summed E-state index contributed by atoms with van der Waals surface area (Å²) >= 11 is 6.06.